The van der Waals surface area contributed by atoms with Gasteiger partial charge < -0.3 is 14.8 Å². The molecule has 0 aromatic heterocycles. The molecule has 2 atom stereocenters. The van der Waals surface area contributed by atoms with Crippen molar-refractivity contribution in [3.05, 3.63) is 23.8 Å². The second kappa shape index (κ2) is 6.80. The van der Waals surface area contributed by atoms with Gasteiger partial charge in [0, 0.05) is 18.0 Å². The smallest absolute Gasteiger partial charge is 0.124 e. The highest BCUT2D eigenvalue weighted by atomic mass is 16.5. The van der Waals surface area contributed by atoms with E-state index >= 15 is 0 Å². The monoisotopic (exact) mass is 263 g/mol. The van der Waals surface area contributed by atoms with Crippen molar-refractivity contribution in [1.82, 2.24) is 5.32 Å². The predicted molar refractivity (Wildman–Crippen MR) is 78.0 cm³/mol. The van der Waals surface area contributed by atoms with Gasteiger partial charge in [-0.1, -0.05) is 13.8 Å². The normalized spacial score (nSPS) is 21.6. The number of ether oxygens (including phenoxy) is 2. The number of nitrogens with one attached hydrogen (secondary N) is 1. The van der Waals surface area contributed by atoms with E-state index in [0.29, 0.717) is 6.04 Å². The molecule has 1 aliphatic rings. The molecule has 19 heavy (non-hydrogen) atoms. The van der Waals surface area contributed by atoms with Crippen LogP contribution in [-0.4, -0.2) is 19.3 Å². The summed E-state index contributed by atoms with van der Waals surface area (Å²) < 4.78 is 11.6. The van der Waals surface area contributed by atoms with Gasteiger partial charge in [-0.15, -0.1) is 0 Å². The van der Waals surface area contributed by atoms with E-state index in [4.69, 9.17) is 9.47 Å². The van der Waals surface area contributed by atoms with Crippen LogP contribution in [0, 0.1) is 0 Å². The van der Waals surface area contributed by atoms with Crippen molar-refractivity contribution in [3.63, 3.8) is 0 Å². The fourth-order valence-electron chi connectivity index (χ4n) is 2.45. The van der Waals surface area contributed by atoms with Crippen LogP contribution in [0.3, 0.4) is 0 Å². The molecule has 0 spiro atoms. The first-order valence-corrected chi connectivity index (χ1v) is 7.41. The highest BCUT2D eigenvalue weighted by Gasteiger charge is 2.25. The van der Waals surface area contributed by atoms with Gasteiger partial charge in [0.05, 0.1) is 12.7 Å². The Balaban J connectivity index is 2.17. The Bertz CT molecular complexity index is 406. The van der Waals surface area contributed by atoms with Gasteiger partial charge in [0.2, 0.25) is 0 Å². The van der Waals surface area contributed by atoms with Crippen molar-refractivity contribution in [2.45, 2.75) is 52.2 Å². The number of rotatable bonds is 6. The molecule has 1 aromatic carbocycles. The topological polar surface area (TPSA) is 30.5 Å². The lowest BCUT2D eigenvalue weighted by atomic mass is 9.96. The van der Waals surface area contributed by atoms with Crippen LogP contribution in [0.5, 0.6) is 11.5 Å². The van der Waals surface area contributed by atoms with Gasteiger partial charge in [0.25, 0.3) is 0 Å². The van der Waals surface area contributed by atoms with Gasteiger partial charge in [-0.25, -0.2) is 0 Å². The van der Waals surface area contributed by atoms with Crippen LogP contribution in [0.25, 0.3) is 0 Å². The van der Waals surface area contributed by atoms with Crippen molar-refractivity contribution < 1.29 is 9.47 Å². The Morgan fingerprint density at radius 3 is 2.89 bits per heavy atom. The molecule has 106 valence electrons. The minimum absolute atomic E-state index is 0.268. The van der Waals surface area contributed by atoms with E-state index in [1.54, 1.807) is 0 Å². The third-order valence-corrected chi connectivity index (χ3v) is 3.37. The number of hydrogen-bond acceptors (Lipinski definition) is 3. The molecule has 1 N–H and O–H groups in total. The molecule has 1 aliphatic heterocycles. The molecular weight excluding hydrogens is 238 g/mol. The largest absolute Gasteiger partial charge is 0.494 e. The Kier molecular flexibility index (Phi) is 5.08. The van der Waals surface area contributed by atoms with Crippen LogP contribution < -0.4 is 14.8 Å². The Labute approximate surface area is 116 Å². The molecule has 1 heterocycles. The van der Waals surface area contributed by atoms with Crippen molar-refractivity contribution >= 4 is 0 Å². The van der Waals surface area contributed by atoms with Crippen LogP contribution in [0.2, 0.25) is 0 Å². The lowest BCUT2D eigenvalue weighted by Crippen LogP contribution is -2.31. The summed E-state index contributed by atoms with van der Waals surface area (Å²) in [4.78, 5) is 0. The Morgan fingerprint density at radius 1 is 1.32 bits per heavy atom. The Hall–Kier alpha value is -1.22. The van der Waals surface area contributed by atoms with E-state index in [1.807, 2.05) is 12.1 Å². The van der Waals surface area contributed by atoms with Crippen molar-refractivity contribution in [3.8, 4) is 11.5 Å². The van der Waals surface area contributed by atoms with Gasteiger partial charge in [0.15, 0.2) is 0 Å². The lowest BCUT2D eigenvalue weighted by molar-refractivity contribution is 0.166. The minimum Gasteiger partial charge on any atom is -0.494 e. The standard InChI is InChI=1S/C16H25NO2/c1-4-8-17-15-10-12(3)19-16-7-6-13(11-14(15)16)18-9-5-2/h6-7,11-12,15,17H,4-5,8-10H2,1-3H3. The molecule has 2 unspecified atom stereocenters. The first-order valence-electron chi connectivity index (χ1n) is 7.41. The van der Waals surface area contributed by atoms with Crippen molar-refractivity contribution in [1.29, 1.82) is 0 Å². The zero-order valence-corrected chi connectivity index (χ0v) is 12.2. The molecule has 0 saturated heterocycles. The maximum atomic E-state index is 5.91. The maximum absolute atomic E-state index is 5.91. The molecule has 0 amide bonds. The first kappa shape index (κ1) is 14.2. The summed E-state index contributed by atoms with van der Waals surface area (Å²) in [6.07, 6.45) is 3.46. The third kappa shape index (κ3) is 3.63. The van der Waals surface area contributed by atoms with Gasteiger partial charge in [-0.2, -0.15) is 0 Å². The molecule has 0 aliphatic carbocycles. The summed E-state index contributed by atoms with van der Waals surface area (Å²) in [6.45, 7) is 8.25. The SMILES string of the molecule is CCCNC1CC(C)Oc2ccc(OCCC)cc21. The molecule has 2 rings (SSSR count). The zero-order chi connectivity index (χ0) is 13.7. The minimum atomic E-state index is 0.268. The Morgan fingerprint density at radius 2 is 2.16 bits per heavy atom. The van der Waals surface area contributed by atoms with E-state index < -0.39 is 0 Å². The molecular formula is C16H25NO2. The zero-order valence-electron chi connectivity index (χ0n) is 12.2. The summed E-state index contributed by atoms with van der Waals surface area (Å²) >= 11 is 0. The molecule has 3 nitrogen and oxygen atoms in total. The lowest BCUT2D eigenvalue weighted by Gasteiger charge is -2.31. The van der Waals surface area contributed by atoms with E-state index in [-0.39, 0.29) is 6.10 Å². The second-order valence-electron chi connectivity index (χ2n) is 5.22. The van der Waals surface area contributed by atoms with Gasteiger partial charge in [-0.3, -0.25) is 0 Å². The second-order valence-corrected chi connectivity index (χ2v) is 5.22. The number of hydrogen-bond donors (Lipinski definition) is 1. The van der Waals surface area contributed by atoms with Crippen LogP contribution >= 0.6 is 0 Å². The quantitative estimate of drug-likeness (QED) is 0.849. The fourth-order valence-corrected chi connectivity index (χ4v) is 2.45. The van der Waals surface area contributed by atoms with E-state index in [1.165, 1.54) is 5.56 Å². The number of benzene rings is 1. The maximum Gasteiger partial charge on any atom is 0.124 e. The molecule has 0 radical (unpaired) electrons. The third-order valence-electron chi connectivity index (χ3n) is 3.37. The van der Waals surface area contributed by atoms with E-state index in [2.05, 4.69) is 32.2 Å². The highest BCUT2D eigenvalue weighted by molar-refractivity contribution is 5.43. The molecule has 3 heteroatoms. The molecule has 0 bridgehead atoms. The highest BCUT2D eigenvalue weighted by Crippen LogP contribution is 2.37. The molecule has 1 aromatic rings. The molecule has 0 fully saturated rings. The fraction of sp³-hybridized carbons (Fsp3) is 0.625. The summed E-state index contributed by atoms with van der Waals surface area (Å²) in [5.74, 6) is 1.94. The first-order chi connectivity index (χ1) is 9.24. The molecule has 0 saturated carbocycles. The van der Waals surface area contributed by atoms with Crippen LogP contribution in [0.4, 0.5) is 0 Å². The van der Waals surface area contributed by atoms with Gasteiger partial charge in [0.1, 0.15) is 11.5 Å². The average molecular weight is 263 g/mol. The van der Waals surface area contributed by atoms with E-state index in [0.717, 1.165) is 43.9 Å². The van der Waals surface area contributed by atoms with Gasteiger partial charge in [-0.05, 0) is 44.5 Å². The van der Waals surface area contributed by atoms with Crippen molar-refractivity contribution in [2.75, 3.05) is 13.2 Å². The van der Waals surface area contributed by atoms with Crippen LogP contribution in [-0.2, 0) is 0 Å². The van der Waals surface area contributed by atoms with Crippen molar-refractivity contribution in [2.24, 2.45) is 0 Å². The summed E-state index contributed by atoms with van der Waals surface area (Å²) in [5.41, 5.74) is 1.24. The summed E-state index contributed by atoms with van der Waals surface area (Å²) in [7, 11) is 0. The summed E-state index contributed by atoms with van der Waals surface area (Å²) in [6, 6.07) is 6.55. The van der Waals surface area contributed by atoms with Crippen LogP contribution in [0.1, 0.15) is 51.6 Å². The predicted octanol–water partition coefficient (Wildman–Crippen LogP) is 3.69. The van der Waals surface area contributed by atoms with E-state index in [9.17, 15) is 0 Å². The van der Waals surface area contributed by atoms with Crippen LogP contribution in [0.15, 0.2) is 18.2 Å². The van der Waals surface area contributed by atoms with Gasteiger partial charge >= 0.3 is 0 Å². The average Bonchev–Trinajstić information content (AvgIpc) is 2.42. The number of fused-ring (bicyclic) bond motifs is 1. The summed E-state index contributed by atoms with van der Waals surface area (Å²) in [5, 5.41) is 3.61.